The molecule has 61 heavy (non-hydrogen) atoms. The van der Waals surface area contributed by atoms with Crippen LogP contribution in [0.5, 0.6) is 0 Å². The predicted molar refractivity (Wildman–Crippen MR) is 259 cm³/mol. The van der Waals surface area contributed by atoms with Crippen LogP contribution in [0.1, 0.15) is 202 Å². The van der Waals surface area contributed by atoms with Gasteiger partial charge in [0.1, 0.15) is 0 Å². The molecule has 0 amide bonds. The Morgan fingerprint density at radius 1 is 0.721 bits per heavy atom. The van der Waals surface area contributed by atoms with Gasteiger partial charge in [0, 0.05) is 13.2 Å². The van der Waals surface area contributed by atoms with Gasteiger partial charge in [-0.2, -0.15) is 0 Å². The molecule has 4 fully saturated rings. The average Bonchev–Trinajstić information content (AvgIpc) is 3.90. The van der Waals surface area contributed by atoms with Gasteiger partial charge in [-0.3, -0.25) is 0 Å². The summed E-state index contributed by atoms with van der Waals surface area (Å²) in [6.45, 7) is 22.5. The lowest BCUT2D eigenvalue weighted by Crippen LogP contribution is -2.51. The number of hydrogen-bond donors (Lipinski definition) is 0. The average molecular weight is 850 g/mol. The van der Waals surface area contributed by atoms with Crippen molar-refractivity contribution in [2.24, 2.45) is 46.3 Å². The molecule has 5 aliphatic rings. The molecule has 352 valence electrons. The first kappa shape index (κ1) is 51.0. The molecule has 5 rings (SSSR count). The topological polar surface area (TPSA) is 40.2 Å². The summed E-state index contributed by atoms with van der Waals surface area (Å²) < 4.78 is 25.1. The lowest BCUT2D eigenvalue weighted by atomic mass is 9.47. The number of rotatable bonds is 32. The van der Waals surface area contributed by atoms with Gasteiger partial charge in [-0.1, -0.05) is 135 Å². The summed E-state index contributed by atoms with van der Waals surface area (Å²) in [6.07, 6.45) is 45.6. The Kier molecular flexibility index (Phi) is 23.5. The molecule has 5 nitrogen and oxygen atoms in total. The number of hydrogen-bond acceptors (Lipinski definition) is 5. The van der Waals surface area contributed by atoms with Gasteiger partial charge in [0.05, 0.1) is 45.2 Å². The molecule has 0 radical (unpaired) electrons. The Morgan fingerprint density at radius 2 is 1.46 bits per heavy atom. The largest absolute Gasteiger partial charge is 0.379 e. The maximum Gasteiger partial charge on any atom is 0.0936 e. The SMILES string of the molecule is CCCCCC=CCC=CCCCCCCCCOCC(CN1CCCC1)OCCOCCO[C@H]1CC[C@@]2(C)C(=CCC3C2CC[C@@]2(C)C3CC[C@@H]2[C@H](C)CCCC(C)C)C1. The van der Waals surface area contributed by atoms with Crippen molar-refractivity contribution in [3.8, 4) is 0 Å². The highest BCUT2D eigenvalue weighted by atomic mass is 16.6. The van der Waals surface area contributed by atoms with Crippen LogP contribution >= 0.6 is 0 Å². The summed E-state index contributed by atoms with van der Waals surface area (Å²) in [4.78, 5) is 2.55. The van der Waals surface area contributed by atoms with Crippen LogP contribution in [0.2, 0.25) is 0 Å². The highest BCUT2D eigenvalue weighted by Gasteiger charge is 2.59. The van der Waals surface area contributed by atoms with Gasteiger partial charge < -0.3 is 23.8 Å². The first-order chi connectivity index (χ1) is 29.7. The highest BCUT2D eigenvalue weighted by Crippen LogP contribution is 2.67. The van der Waals surface area contributed by atoms with Crippen LogP contribution in [0.15, 0.2) is 36.0 Å². The molecule has 0 aromatic rings. The molecule has 1 heterocycles. The Hall–Kier alpha value is -0.980. The monoisotopic (exact) mass is 850 g/mol. The quantitative estimate of drug-likeness (QED) is 0.0498. The molecule has 1 saturated heterocycles. The molecular weight excluding hydrogens is 751 g/mol. The van der Waals surface area contributed by atoms with Gasteiger partial charge in [0.2, 0.25) is 0 Å². The second-order valence-corrected chi connectivity index (χ2v) is 21.8. The van der Waals surface area contributed by atoms with Gasteiger partial charge >= 0.3 is 0 Å². The van der Waals surface area contributed by atoms with Crippen LogP contribution in [0.4, 0.5) is 0 Å². The second kappa shape index (κ2) is 28.1. The maximum absolute atomic E-state index is 6.51. The molecule has 1 aliphatic heterocycles. The third-order valence-corrected chi connectivity index (χ3v) is 16.9. The van der Waals surface area contributed by atoms with Crippen LogP contribution in [-0.2, 0) is 18.9 Å². The first-order valence-electron chi connectivity index (χ1n) is 26.8. The zero-order chi connectivity index (χ0) is 43.2. The summed E-state index contributed by atoms with van der Waals surface area (Å²) in [6, 6.07) is 0. The number of ether oxygens (including phenoxy) is 4. The fourth-order valence-electron chi connectivity index (χ4n) is 13.3. The van der Waals surface area contributed by atoms with E-state index >= 15 is 0 Å². The molecule has 0 N–H and O–H groups in total. The van der Waals surface area contributed by atoms with Crippen molar-refractivity contribution in [2.45, 2.75) is 214 Å². The van der Waals surface area contributed by atoms with E-state index in [0.29, 0.717) is 50.0 Å². The number of allylic oxidation sites excluding steroid dienone is 5. The molecular formula is C56H99NO4. The second-order valence-electron chi connectivity index (χ2n) is 21.8. The van der Waals surface area contributed by atoms with E-state index in [0.717, 1.165) is 67.9 Å². The Balaban J connectivity index is 0.901. The van der Waals surface area contributed by atoms with E-state index in [9.17, 15) is 0 Å². The van der Waals surface area contributed by atoms with E-state index in [-0.39, 0.29) is 6.10 Å². The summed E-state index contributed by atoms with van der Waals surface area (Å²) in [5, 5.41) is 0. The lowest BCUT2D eigenvalue weighted by Gasteiger charge is -2.58. The standard InChI is InChI=1S/C56H99NO4/c1-7-8-9-10-11-12-13-14-15-16-17-18-19-20-21-24-38-59-45-50(44-57-36-22-23-37-57)61-42-40-58-39-41-60-49-32-34-55(5)48(43-49)28-29-51-53-31-30-52(47(4)27-25-26-46(2)3)56(53,6)35-33-54(51)55/h11-12,14-15,28,46-47,49-54H,7-10,13,16-27,29-45H2,1-6H3/t47-,49+,50?,51?,52-,53?,54?,55+,56-/m1/s1. The van der Waals surface area contributed by atoms with Gasteiger partial charge in [-0.05, 0) is 162 Å². The van der Waals surface area contributed by atoms with Crippen molar-refractivity contribution < 1.29 is 18.9 Å². The van der Waals surface area contributed by atoms with Gasteiger partial charge in [-0.15, -0.1) is 0 Å². The molecule has 0 aromatic carbocycles. The summed E-state index contributed by atoms with van der Waals surface area (Å²) in [5.74, 6) is 5.37. The smallest absolute Gasteiger partial charge is 0.0936 e. The number of nitrogens with zero attached hydrogens (tertiary/aromatic N) is 1. The van der Waals surface area contributed by atoms with E-state index in [2.05, 4.69) is 76.8 Å². The first-order valence-corrected chi connectivity index (χ1v) is 26.8. The van der Waals surface area contributed by atoms with Crippen molar-refractivity contribution in [3.05, 3.63) is 36.0 Å². The van der Waals surface area contributed by atoms with E-state index in [1.54, 1.807) is 5.57 Å². The summed E-state index contributed by atoms with van der Waals surface area (Å²) in [5.41, 5.74) is 2.68. The minimum Gasteiger partial charge on any atom is -0.379 e. The Bertz CT molecular complexity index is 1250. The number of fused-ring (bicyclic) bond motifs is 5. The molecule has 9 atom stereocenters. The molecule has 0 spiro atoms. The minimum atomic E-state index is 0.124. The third kappa shape index (κ3) is 16.4. The van der Waals surface area contributed by atoms with Crippen molar-refractivity contribution >= 4 is 0 Å². The van der Waals surface area contributed by atoms with E-state index < -0.39 is 0 Å². The predicted octanol–water partition coefficient (Wildman–Crippen LogP) is 14.7. The molecule has 4 unspecified atom stereocenters. The fourth-order valence-corrected chi connectivity index (χ4v) is 13.3. The van der Waals surface area contributed by atoms with E-state index in [1.807, 2.05) is 0 Å². The van der Waals surface area contributed by atoms with Crippen molar-refractivity contribution in [1.29, 1.82) is 0 Å². The third-order valence-electron chi connectivity index (χ3n) is 16.9. The summed E-state index contributed by atoms with van der Waals surface area (Å²) >= 11 is 0. The van der Waals surface area contributed by atoms with Crippen LogP contribution < -0.4 is 0 Å². The van der Waals surface area contributed by atoms with Crippen LogP contribution in [-0.4, -0.2) is 76.4 Å². The van der Waals surface area contributed by atoms with Gasteiger partial charge in [0.15, 0.2) is 0 Å². The fraction of sp³-hybridized carbons (Fsp3) is 0.893. The van der Waals surface area contributed by atoms with Crippen LogP contribution in [0.25, 0.3) is 0 Å². The summed E-state index contributed by atoms with van der Waals surface area (Å²) in [7, 11) is 0. The Labute approximate surface area is 378 Å². The zero-order valence-electron chi connectivity index (χ0n) is 41.1. The molecule has 4 aliphatic carbocycles. The molecule has 5 heteroatoms. The lowest BCUT2D eigenvalue weighted by molar-refractivity contribution is -0.0730. The molecule has 0 bridgehead atoms. The minimum absolute atomic E-state index is 0.124. The number of likely N-dealkylation sites (tertiary alicyclic amines) is 1. The van der Waals surface area contributed by atoms with Crippen molar-refractivity contribution in [3.63, 3.8) is 0 Å². The van der Waals surface area contributed by atoms with Crippen LogP contribution in [0.3, 0.4) is 0 Å². The molecule has 0 aromatic heterocycles. The Morgan fingerprint density at radius 3 is 2.23 bits per heavy atom. The van der Waals surface area contributed by atoms with Crippen molar-refractivity contribution in [2.75, 3.05) is 59.3 Å². The normalized spacial score (nSPS) is 30.3. The molecule has 3 saturated carbocycles. The highest BCUT2D eigenvalue weighted by molar-refractivity contribution is 5.25. The van der Waals surface area contributed by atoms with E-state index in [4.69, 9.17) is 18.9 Å². The maximum atomic E-state index is 6.51. The van der Waals surface area contributed by atoms with Gasteiger partial charge in [-0.25, -0.2) is 0 Å². The van der Waals surface area contributed by atoms with E-state index in [1.165, 1.54) is 154 Å². The number of unbranched alkanes of at least 4 members (excludes halogenated alkanes) is 9. The van der Waals surface area contributed by atoms with Crippen LogP contribution in [0, 0.1) is 46.3 Å². The van der Waals surface area contributed by atoms with Crippen molar-refractivity contribution in [1.82, 2.24) is 4.90 Å². The zero-order valence-corrected chi connectivity index (χ0v) is 41.1. The van der Waals surface area contributed by atoms with Gasteiger partial charge in [0.25, 0.3) is 0 Å².